The Bertz CT molecular complexity index is 273. The van der Waals surface area contributed by atoms with Gasteiger partial charge in [0.25, 0.3) is 0 Å². The van der Waals surface area contributed by atoms with E-state index in [4.69, 9.17) is 0 Å². The first-order chi connectivity index (χ1) is 7.34. The molecule has 1 heterocycles. The molecular weight excluding hydrogens is 182 g/mol. The molecule has 1 aromatic rings. The molecular formula is C14H20N. The van der Waals surface area contributed by atoms with Crippen molar-refractivity contribution in [1.29, 1.82) is 0 Å². The summed E-state index contributed by atoms with van der Waals surface area (Å²) in [6.07, 6.45) is 3.73. The highest BCUT2D eigenvalue weighted by Crippen LogP contribution is 2.15. The Hall–Kier alpha value is -0.820. The minimum Gasteiger partial charge on any atom is -0.303 e. The third-order valence-electron chi connectivity index (χ3n) is 3.27. The molecule has 1 heteroatoms. The summed E-state index contributed by atoms with van der Waals surface area (Å²) >= 11 is 0. The second kappa shape index (κ2) is 5.32. The summed E-state index contributed by atoms with van der Waals surface area (Å²) in [5.41, 5.74) is 1.45. The fourth-order valence-corrected chi connectivity index (χ4v) is 2.14. The van der Waals surface area contributed by atoms with Crippen LogP contribution in [0.1, 0.15) is 18.4 Å². The Balaban J connectivity index is 1.74. The highest BCUT2D eigenvalue weighted by Gasteiger charge is 2.14. The largest absolute Gasteiger partial charge is 0.303 e. The van der Waals surface area contributed by atoms with E-state index < -0.39 is 0 Å². The van der Waals surface area contributed by atoms with E-state index in [9.17, 15) is 0 Å². The third-order valence-corrected chi connectivity index (χ3v) is 3.27. The molecule has 0 aromatic heterocycles. The Labute approximate surface area is 93.1 Å². The maximum atomic E-state index is 4.12. The lowest BCUT2D eigenvalue weighted by Gasteiger charge is -2.30. The summed E-state index contributed by atoms with van der Waals surface area (Å²) in [6, 6.07) is 10.8. The summed E-state index contributed by atoms with van der Waals surface area (Å²) in [4.78, 5) is 2.56. The van der Waals surface area contributed by atoms with E-state index in [2.05, 4.69) is 42.2 Å². The van der Waals surface area contributed by atoms with E-state index in [0.29, 0.717) is 5.92 Å². The molecule has 15 heavy (non-hydrogen) atoms. The fourth-order valence-electron chi connectivity index (χ4n) is 2.14. The zero-order valence-corrected chi connectivity index (χ0v) is 9.36. The summed E-state index contributed by atoms with van der Waals surface area (Å²) in [5, 5.41) is 0. The highest BCUT2D eigenvalue weighted by molar-refractivity contribution is 5.14. The lowest BCUT2D eigenvalue weighted by atomic mass is 9.99. The van der Waals surface area contributed by atoms with Crippen molar-refractivity contribution in [1.82, 2.24) is 4.90 Å². The number of likely N-dealkylation sites (tertiary alicyclic amines) is 1. The zero-order valence-electron chi connectivity index (χ0n) is 9.36. The number of benzene rings is 1. The topological polar surface area (TPSA) is 3.24 Å². The number of hydrogen-bond donors (Lipinski definition) is 0. The highest BCUT2D eigenvalue weighted by atomic mass is 15.1. The van der Waals surface area contributed by atoms with Crippen molar-refractivity contribution in [2.45, 2.75) is 19.3 Å². The first-order valence-corrected chi connectivity index (χ1v) is 5.94. The summed E-state index contributed by atoms with van der Waals surface area (Å²) < 4.78 is 0. The molecule has 0 bridgehead atoms. The Morgan fingerprint density at radius 1 is 1.13 bits per heavy atom. The van der Waals surface area contributed by atoms with Gasteiger partial charge in [-0.25, -0.2) is 0 Å². The molecule has 1 saturated heterocycles. The SMILES string of the molecule is [CH2]C1CCN(CCc2ccccc2)CC1. The van der Waals surface area contributed by atoms with Gasteiger partial charge in [-0.05, 0) is 43.8 Å². The van der Waals surface area contributed by atoms with Crippen LogP contribution in [0.2, 0.25) is 0 Å². The Morgan fingerprint density at radius 2 is 1.80 bits per heavy atom. The molecule has 1 aromatic carbocycles. The quantitative estimate of drug-likeness (QED) is 0.728. The van der Waals surface area contributed by atoms with Crippen LogP contribution in [0, 0.1) is 12.8 Å². The minimum atomic E-state index is 0.693. The maximum Gasteiger partial charge on any atom is 0.00218 e. The van der Waals surface area contributed by atoms with Gasteiger partial charge in [-0.1, -0.05) is 37.3 Å². The molecule has 1 radical (unpaired) electrons. The van der Waals surface area contributed by atoms with Gasteiger partial charge in [0.2, 0.25) is 0 Å². The van der Waals surface area contributed by atoms with E-state index >= 15 is 0 Å². The molecule has 1 fully saturated rings. The van der Waals surface area contributed by atoms with Crippen LogP contribution in [0.25, 0.3) is 0 Å². The predicted octanol–water partition coefficient (Wildman–Crippen LogP) is 2.78. The van der Waals surface area contributed by atoms with Crippen LogP contribution >= 0.6 is 0 Å². The van der Waals surface area contributed by atoms with Gasteiger partial charge in [0.15, 0.2) is 0 Å². The van der Waals surface area contributed by atoms with Crippen molar-refractivity contribution >= 4 is 0 Å². The first kappa shape index (κ1) is 10.7. The molecule has 0 N–H and O–H groups in total. The van der Waals surface area contributed by atoms with Gasteiger partial charge in [-0.3, -0.25) is 0 Å². The molecule has 0 aliphatic carbocycles. The molecule has 0 amide bonds. The first-order valence-electron chi connectivity index (χ1n) is 5.94. The smallest absolute Gasteiger partial charge is 0.00218 e. The molecule has 1 nitrogen and oxygen atoms in total. The lowest BCUT2D eigenvalue weighted by molar-refractivity contribution is 0.204. The average Bonchev–Trinajstić information content (AvgIpc) is 2.30. The van der Waals surface area contributed by atoms with E-state index in [1.807, 2.05) is 0 Å². The Morgan fingerprint density at radius 3 is 2.47 bits per heavy atom. The molecule has 1 aliphatic heterocycles. The summed E-state index contributed by atoms with van der Waals surface area (Å²) in [7, 11) is 0. The van der Waals surface area contributed by atoms with Gasteiger partial charge < -0.3 is 4.90 Å². The molecule has 2 rings (SSSR count). The standard InChI is InChI=1S/C14H20N/c1-13-7-10-15(11-8-13)12-9-14-5-3-2-4-6-14/h2-6,13H,1,7-12H2. The molecule has 0 spiro atoms. The number of hydrogen-bond acceptors (Lipinski definition) is 1. The van der Waals surface area contributed by atoms with Crippen LogP contribution in [-0.4, -0.2) is 24.5 Å². The van der Waals surface area contributed by atoms with E-state index in [1.165, 1.54) is 44.5 Å². The normalized spacial score (nSPS) is 19.3. The third kappa shape index (κ3) is 3.35. The summed E-state index contributed by atoms with van der Waals surface area (Å²) in [6.45, 7) is 7.80. The van der Waals surface area contributed by atoms with Crippen molar-refractivity contribution < 1.29 is 0 Å². The number of nitrogens with zero attached hydrogens (tertiary/aromatic N) is 1. The number of piperidine rings is 1. The second-order valence-corrected chi connectivity index (χ2v) is 4.52. The van der Waals surface area contributed by atoms with Gasteiger partial charge in [0.05, 0.1) is 0 Å². The van der Waals surface area contributed by atoms with E-state index in [-0.39, 0.29) is 0 Å². The predicted molar refractivity (Wildman–Crippen MR) is 64.7 cm³/mol. The van der Waals surface area contributed by atoms with Crippen LogP contribution in [0.5, 0.6) is 0 Å². The Kier molecular flexibility index (Phi) is 3.79. The van der Waals surface area contributed by atoms with Gasteiger partial charge in [0.1, 0.15) is 0 Å². The molecule has 0 saturated carbocycles. The molecule has 1 aliphatic rings. The van der Waals surface area contributed by atoms with Crippen molar-refractivity contribution in [3.63, 3.8) is 0 Å². The van der Waals surface area contributed by atoms with Gasteiger partial charge in [0, 0.05) is 6.54 Å². The zero-order chi connectivity index (χ0) is 10.5. The van der Waals surface area contributed by atoms with E-state index in [0.717, 1.165) is 0 Å². The molecule has 0 unspecified atom stereocenters. The molecule has 0 atom stereocenters. The van der Waals surface area contributed by atoms with Gasteiger partial charge in [-0.15, -0.1) is 0 Å². The maximum absolute atomic E-state index is 4.12. The minimum absolute atomic E-state index is 0.693. The molecule has 81 valence electrons. The van der Waals surface area contributed by atoms with Crippen molar-refractivity contribution in [2.75, 3.05) is 19.6 Å². The van der Waals surface area contributed by atoms with Crippen molar-refractivity contribution in [3.05, 3.63) is 42.8 Å². The van der Waals surface area contributed by atoms with Crippen LogP contribution in [0.15, 0.2) is 30.3 Å². The lowest BCUT2D eigenvalue weighted by Crippen LogP contribution is -2.34. The monoisotopic (exact) mass is 202 g/mol. The van der Waals surface area contributed by atoms with Gasteiger partial charge >= 0.3 is 0 Å². The number of rotatable bonds is 3. The van der Waals surface area contributed by atoms with Crippen LogP contribution in [0.4, 0.5) is 0 Å². The summed E-state index contributed by atoms with van der Waals surface area (Å²) in [5.74, 6) is 0.693. The van der Waals surface area contributed by atoms with Gasteiger partial charge in [-0.2, -0.15) is 0 Å². The second-order valence-electron chi connectivity index (χ2n) is 4.52. The van der Waals surface area contributed by atoms with Crippen molar-refractivity contribution in [2.24, 2.45) is 5.92 Å². The van der Waals surface area contributed by atoms with Crippen molar-refractivity contribution in [3.8, 4) is 0 Å². The van der Waals surface area contributed by atoms with Crippen LogP contribution in [0.3, 0.4) is 0 Å². The average molecular weight is 202 g/mol. The van der Waals surface area contributed by atoms with Crippen LogP contribution in [-0.2, 0) is 6.42 Å². The fraction of sp³-hybridized carbons (Fsp3) is 0.500. The van der Waals surface area contributed by atoms with E-state index in [1.54, 1.807) is 0 Å². The van der Waals surface area contributed by atoms with Crippen LogP contribution < -0.4 is 0 Å².